The number of rotatable bonds is 5. The molecule has 0 saturated heterocycles. The molecule has 1 heterocycles. The maximum atomic E-state index is 13.5. The lowest BCUT2D eigenvalue weighted by atomic mass is 10.0. The van der Waals surface area contributed by atoms with E-state index in [0.717, 1.165) is 6.07 Å². The highest BCUT2D eigenvalue weighted by Gasteiger charge is 2.35. The van der Waals surface area contributed by atoms with Gasteiger partial charge in [0.05, 0.1) is 15.4 Å². The number of fused-ring (bicyclic) bond motifs is 2. The van der Waals surface area contributed by atoms with Crippen molar-refractivity contribution in [1.29, 1.82) is 0 Å². The molecule has 3 aromatic rings. The van der Waals surface area contributed by atoms with Gasteiger partial charge in [0.25, 0.3) is 0 Å². The average molecular weight is 426 g/mol. The molecular weight excluding hydrogens is 411 g/mol. The molecule has 0 amide bonds. The van der Waals surface area contributed by atoms with E-state index in [0.29, 0.717) is 0 Å². The predicted octanol–water partition coefficient (Wildman–Crippen LogP) is 3.44. The first-order chi connectivity index (χ1) is 14.4. The zero-order valence-electron chi connectivity index (χ0n) is 15.5. The van der Waals surface area contributed by atoms with Gasteiger partial charge in [-0.15, -0.1) is 0 Å². The Kier molecular flexibility index (Phi) is 5.09. The van der Waals surface area contributed by atoms with Crippen LogP contribution in [0.1, 0.15) is 26.3 Å². The van der Waals surface area contributed by atoms with Crippen LogP contribution in [0.25, 0.3) is 0 Å². The van der Waals surface area contributed by atoms with Gasteiger partial charge in [-0.3, -0.25) is 4.79 Å². The molecule has 0 unspecified atom stereocenters. The first-order valence-corrected chi connectivity index (χ1v) is 10.5. The van der Waals surface area contributed by atoms with Crippen LogP contribution in [-0.2, 0) is 14.6 Å². The Labute approximate surface area is 171 Å². The number of esters is 1. The Morgan fingerprint density at radius 2 is 1.57 bits per heavy atom. The fraction of sp³-hybridized carbons (Fsp3) is 0.0909. The van der Waals surface area contributed by atoms with Gasteiger partial charge in [-0.1, -0.05) is 24.3 Å². The number of ether oxygens (including phenoxy) is 2. The molecular formula is C22H15FO6S. The molecule has 1 aliphatic rings. The van der Waals surface area contributed by atoms with Gasteiger partial charge < -0.3 is 9.47 Å². The summed E-state index contributed by atoms with van der Waals surface area (Å²) in [5.74, 6) is -1.70. The predicted molar refractivity (Wildman–Crippen MR) is 104 cm³/mol. The highest BCUT2D eigenvalue weighted by molar-refractivity contribution is 7.91. The molecule has 0 saturated carbocycles. The van der Waals surface area contributed by atoms with Crippen LogP contribution in [0.4, 0.5) is 4.39 Å². The monoisotopic (exact) mass is 426 g/mol. The van der Waals surface area contributed by atoms with Crippen molar-refractivity contribution in [3.05, 3.63) is 89.2 Å². The first-order valence-electron chi connectivity index (χ1n) is 8.97. The van der Waals surface area contributed by atoms with Crippen LogP contribution < -0.4 is 4.74 Å². The van der Waals surface area contributed by atoms with E-state index in [1.54, 1.807) is 12.1 Å². The van der Waals surface area contributed by atoms with E-state index < -0.39 is 27.4 Å². The Hall–Kier alpha value is -3.52. The number of benzene rings is 3. The maximum Gasteiger partial charge on any atom is 0.338 e. The molecule has 0 spiro atoms. The van der Waals surface area contributed by atoms with Gasteiger partial charge in [-0.2, -0.15) is 0 Å². The molecule has 0 fully saturated rings. The van der Waals surface area contributed by atoms with Gasteiger partial charge in [-0.05, 0) is 42.5 Å². The molecule has 8 heteroatoms. The molecule has 0 aliphatic carbocycles. The molecule has 0 radical (unpaired) electrons. The zero-order valence-corrected chi connectivity index (χ0v) is 16.3. The summed E-state index contributed by atoms with van der Waals surface area (Å²) in [6.07, 6.45) is 0. The number of hydrogen-bond donors (Lipinski definition) is 0. The van der Waals surface area contributed by atoms with E-state index in [4.69, 9.17) is 9.47 Å². The van der Waals surface area contributed by atoms with Gasteiger partial charge in [-0.25, -0.2) is 17.6 Å². The minimum absolute atomic E-state index is 0.00753. The summed E-state index contributed by atoms with van der Waals surface area (Å²) in [5, 5.41) is 0. The second-order valence-corrected chi connectivity index (χ2v) is 8.34. The summed E-state index contributed by atoms with van der Waals surface area (Å²) in [5.41, 5.74) is 0.0918. The Morgan fingerprint density at radius 3 is 2.37 bits per heavy atom. The number of sulfone groups is 1. The van der Waals surface area contributed by atoms with Crippen LogP contribution in [0.3, 0.4) is 0 Å². The third kappa shape index (κ3) is 3.46. The number of para-hydroxylation sites is 1. The minimum atomic E-state index is -3.95. The molecule has 4 rings (SSSR count). The lowest BCUT2D eigenvalue weighted by molar-refractivity contribution is 0.0448. The van der Waals surface area contributed by atoms with Crippen molar-refractivity contribution in [2.45, 2.75) is 9.79 Å². The molecule has 0 N–H and O–H groups in total. The lowest BCUT2D eigenvalue weighted by Gasteiger charge is -2.19. The van der Waals surface area contributed by atoms with Crippen molar-refractivity contribution >= 4 is 21.6 Å². The van der Waals surface area contributed by atoms with Crippen LogP contribution in [0, 0.1) is 5.82 Å². The topological polar surface area (TPSA) is 86.7 Å². The van der Waals surface area contributed by atoms with Crippen LogP contribution in [0.5, 0.6) is 5.75 Å². The second kappa shape index (κ2) is 7.72. The summed E-state index contributed by atoms with van der Waals surface area (Å²) in [4.78, 5) is 24.6. The van der Waals surface area contributed by atoms with Crippen LogP contribution in [-0.4, -0.2) is 33.4 Å². The first kappa shape index (κ1) is 19.8. The molecule has 3 aromatic carbocycles. The summed E-state index contributed by atoms with van der Waals surface area (Å²) < 4.78 is 49.6. The van der Waals surface area contributed by atoms with Crippen molar-refractivity contribution in [2.24, 2.45) is 0 Å². The van der Waals surface area contributed by atoms with Crippen LogP contribution in [0.2, 0.25) is 0 Å². The van der Waals surface area contributed by atoms with E-state index in [-0.39, 0.29) is 45.4 Å². The Bertz CT molecular complexity index is 1270. The molecule has 1 aliphatic heterocycles. The van der Waals surface area contributed by atoms with E-state index in [1.807, 2.05) is 0 Å². The fourth-order valence-electron chi connectivity index (χ4n) is 3.14. The van der Waals surface area contributed by atoms with E-state index in [9.17, 15) is 22.4 Å². The van der Waals surface area contributed by atoms with Crippen molar-refractivity contribution in [3.8, 4) is 5.75 Å². The van der Waals surface area contributed by atoms with E-state index in [2.05, 4.69) is 0 Å². The van der Waals surface area contributed by atoms with Crippen molar-refractivity contribution < 1.29 is 31.9 Å². The quantitative estimate of drug-likeness (QED) is 0.359. The van der Waals surface area contributed by atoms with Crippen molar-refractivity contribution in [1.82, 2.24) is 0 Å². The average Bonchev–Trinajstić information content (AvgIpc) is 2.76. The van der Waals surface area contributed by atoms with Crippen molar-refractivity contribution in [3.63, 3.8) is 0 Å². The van der Waals surface area contributed by atoms with Crippen molar-refractivity contribution in [2.75, 3.05) is 13.2 Å². The summed E-state index contributed by atoms with van der Waals surface area (Å²) in [6, 6.07) is 15.5. The van der Waals surface area contributed by atoms with Gasteiger partial charge in [0.15, 0.2) is 17.3 Å². The highest BCUT2D eigenvalue weighted by atomic mass is 32.2. The summed E-state index contributed by atoms with van der Waals surface area (Å²) in [7, 11) is -3.95. The number of carbonyl (C=O) groups is 2. The zero-order chi connectivity index (χ0) is 21.3. The number of ketones is 1. The van der Waals surface area contributed by atoms with Gasteiger partial charge in [0.1, 0.15) is 13.2 Å². The minimum Gasteiger partial charge on any atom is -0.487 e. The lowest BCUT2D eigenvalue weighted by Crippen LogP contribution is -2.21. The van der Waals surface area contributed by atoms with Gasteiger partial charge in [0, 0.05) is 11.1 Å². The summed E-state index contributed by atoms with van der Waals surface area (Å²) in [6.45, 7) is -0.249. The molecule has 30 heavy (non-hydrogen) atoms. The smallest absolute Gasteiger partial charge is 0.338 e. The Morgan fingerprint density at radius 1 is 0.867 bits per heavy atom. The van der Waals surface area contributed by atoms with E-state index >= 15 is 0 Å². The number of carbonyl (C=O) groups excluding carboxylic acids is 2. The number of halogens is 1. The normalized spacial score (nSPS) is 13.8. The van der Waals surface area contributed by atoms with Gasteiger partial charge in [0.2, 0.25) is 9.84 Å². The van der Waals surface area contributed by atoms with Gasteiger partial charge >= 0.3 is 5.97 Å². The third-order valence-corrected chi connectivity index (χ3v) is 6.44. The number of hydrogen-bond acceptors (Lipinski definition) is 6. The third-order valence-electron chi connectivity index (χ3n) is 4.58. The molecule has 6 nitrogen and oxygen atoms in total. The molecule has 0 atom stereocenters. The SMILES string of the molecule is O=C(OCCOc1ccccc1F)c1ccc2c(c1)S(=O)(=O)c1ccccc1C2=O. The highest BCUT2D eigenvalue weighted by Crippen LogP contribution is 2.34. The summed E-state index contributed by atoms with van der Waals surface area (Å²) >= 11 is 0. The fourth-order valence-corrected chi connectivity index (χ4v) is 4.82. The largest absolute Gasteiger partial charge is 0.487 e. The maximum absolute atomic E-state index is 13.5. The second-order valence-electron chi connectivity index (χ2n) is 6.45. The standard InChI is InChI=1S/C22H15FO6S/c23-17-6-2-3-7-18(17)28-11-12-29-22(25)14-9-10-16-20(13-14)30(26,27)19-8-4-1-5-15(19)21(16)24/h1-10,13H,11-12H2. The molecule has 0 aromatic heterocycles. The van der Waals surface area contributed by atoms with E-state index in [1.165, 1.54) is 48.5 Å². The molecule has 152 valence electrons. The van der Waals surface area contributed by atoms with Crippen LogP contribution in [0.15, 0.2) is 76.5 Å². The molecule has 0 bridgehead atoms. The Balaban J connectivity index is 1.50. The van der Waals surface area contributed by atoms with Crippen LogP contribution >= 0.6 is 0 Å².